The SMILES string of the molecule is [2H]c1c([2H])c(-c2ccccc2)c2c(oc3c([2H])c(-c4nc(-c5cccc(-c6ccccc6)c5)nc(-n5c6ccc(-c7ccccc7)cc6c6c7c(ccc65)oc5ccccc57)n4)c([2H])c([2H])c32)c1[2H].[2H]c1c([2H])c([2H])c(-c2nc(-c3c([2H])c([2H])c4c(oc5c([2H])c([2H])c([2H])c(-c6c([2H])c([2H])c([2H])c([2H])c6[2H])c54)c3[2H])nc(-n3c4ccc5oc6ccccc6c5c4c4cccc(-c5ccccc5)c43)n2)c([2H])c1[2H]. The molecule has 25 rings (SSSR count). The third-order valence-electron chi connectivity index (χ3n) is 21.8. The number of nitrogens with zero attached hydrogens (tertiary/aromatic N) is 8. The Morgan fingerprint density at radius 1 is 0.208 bits per heavy atom. The summed E-state index contributed by atoms with van der Waals surface area (Å²) in [5.74, 6) is -0.665. The molecule has 0 saturated heterocycles. The van der Waals surface area contributed by atoms with Crippen LogP contribution < -0.4 is 0 Å². The molecule has 8 heterocycles. The minimum absolute atomic E-state index is 0.0338. The molecule has 0 radical (unpaired) electrons. The normalized spacial score (nSPS) is 14.4. The monoisotopic (exact) mass is 1560 g/mol. The van der Waals surface area contributed by atoms with Crippen LogP contribution in [0.2, 0.25) is 0 Å². The maximum Gasteiger partial charge on any atom is 0.238 e. The number of para-hydroxylation sites is 3. The van der Waals surface area contributed by atoms with E-state index >= 15 is 0 Å². The average molecular weight is 1560 g/mol. The van der Waals surface area contributed by atoms with Crippen LogP contribution in [0.15, 0.2) is 405 Å². The van der Waals surface area contributed by atoms with Gasteiger partial charge in [-0.1, -0.05) is 297 Å². The predicted molar refractivity (Wildman–Crippen MR) is 486 cm³/mol. The Balaban J connectivity index is 0.000000154. The van der Waals surface area contributed by atoms with Crippen molar-refractivity contribution in [1.82, 2.24) is 39.0 Å². The van der Waals surface area contributed by atoms with Crippen molar-refractivity contribution in [3.8, 4) is 113 Å². The summed E-state index contributed by atoms with van der Waals surface area (Å²) in [6.07, 6.45) is 0. The molecule has 0 spiro atoms. The molecule has 0 unspecified atom stereocenters. The van der Waals surface area contributed by atoms with Crippen LogP contribution in [0.25, 0.3) is 244 Å². The topological polar surface area (TPSA) is 140 Å². The molecule has 0 amide bonds. The second-order valence-electron chi connectivity index (χ2n) is 28.6. The fraction of sp³-hybridized carbons (Fsp3) is 0. The molecule has 17 aromatic carbocycles. The first-order valence-corrected chi connectivity index (χ1v) is 38.3. The van der Waals surface area contributed by atoms with Gasteiger partial charge in [-0.3, -0.25) is 9.13 Å². The van der Waals surface area contributed by atoms with Gasteiger partial charge < -0.3 is 17.7 Å². The zero-order valence-electron chi connectivity index (χ0n) is 84.5. The van der Waals surface area contributed by atoms with E-state index in [4.69, 9.17) is 64.5 Å². The lowest BCUT2D eigenvalue weighted by Crippen LogP contribution is -2.07. The van der Waals surface area contributed by atoms with E-state index in [1.807, 2.05) is 193 Å². The van der Waals surface area contributed by atoms with Crippen LogP contribution in [0.5, 0.6) is 0 Å². The third-order valence-corrected chi connectivity index (χ3v) is 21.8. The molecule has 120 heavy (non-hydrogen) atoms. The molecule has 0 aliphatic carbocycles. The van der Waals surface area contributed by atoms with Crippen LogP contribution in [-0.2, 0) is 0 Å². The van der Waals surface area contributed by atoms with Crippen LogP contribution in [0, 0.1) is 0 Å². The van der Waals surface area contributed by atoms with E-state index in [0.29, 0.717) is 38.9 Å². The Hall–Kier alpha value is -16.4. The van der Waals surface area contributed by atoms with E-state index in [2.05, 4.69) is 41.4 Å². The van der Waals surface area contributed by atoms with E-state index < -0.39 is 142 Å². The quantitative estimate of drug-likeness (QED) is 0.123. The van der Waals surface area contributed by atoms with Gasteiger partial charge in [0.05, 0.1) is 52.2 Å². The number of rotatable bonds is 11. The Bertz CT molecular complexity index is 9800. The molecule has 12 heteroatoms. The standard InChI is InChI=1S/C57H34N4O2.C51H30N4O2/c1-4-14-35(15-5-1)38-20-12-21-40(32-38)55-58-56(41-26-28-44-51(34-41)63-49-25-13-23-42(52(44)49)37-18-8-3-9-19-37)60-57(59-55)61-46-29-27-39(36-16-6-2-7-17-36)33-45(46)53-47(61)30-31-50-54(53)43-22-10-11-24-48(43)62-50;1-4-14-31(15-5-1)35-21-13-25-42-45(35)38-27-26-34(30-44(38)57-42)50-52-49(33-18-8-3-9-19-33)53-51(54-50)55-40-28-29-43-47(37-20-10-11-24-41(37)56-43)46(40)39-23-12-22-36(48(39)55)32-16-6-2-7-17-32/h1-34H;1-30H/i13D,23D,25D,26D,28D,34D;1D,3D,4D,5D,8D,9D,13D,14D,15D,18D,19D,21D,25D,26D,27D,30D. The first-order chi connectivity index (χ1) is 68.6. The molecule has 25 aromatic rings. The van der Waals surface area contributed by atoms with Crippen molar-refractivity contribution >= 4 is 131 Å². The number of hydrogen-bond acceptors (Lipinski definition) is 10. The molecular formula is C108H64N8O4. The summed E-state index contributed by atoms with van der Waals surface area (Å²) in [6, 6.07) is 68.5. The minimum atomic E-state index is -0.754. The molecule has 0 atom stereocenters. The van der Waals surface area contributed by atoms with Crippen molar-refractivity contribution in [2.75, 3.05) is 0 Å². The van der Waals surface area contributed by atoms with Crippen molar-refractivity contribution in [3.63, 3.8) is 0 Å². The number of fused-ring (bicyclic) bond motifs is 20. The summed E-state index contributed by atoms with van der Waals surface area (Å²) in [7, 11) is 0. The highest BCUT2D eigenvalue weighted by Gasteiger charge is 2.28. The zero-order valence-corrected chi connectivity index (χ0v) is 62.5. The van der Waals surface area contributed by atoms with E-state index in [1.165, 1.54) is 0 Å². The Morgan fingerprint density at radius 2 is 0.633 bits per heavy atom. The summed E-state index contributed by atoms with van der Waals surface area (Å²) < 4.78 is 226. The number of furan rings is 4. The summed E-state index contributed by atoms with van der Waals surface area (Å²) in [4.78, 5) is 29.9. The molecular weight excluding hydrogens is 1470 g/mol. The van der Waals surface area contributed by atoms with Gasteiger partial charge in [-0.15, -0.1) is 0 Å². The number of benzene rings is 17. The largest absolute Gasteiger partial charge is 0.456 e. The second kappa shape index (κ2) is 27.7. The lowest BCUT2D eigenvalue weighted by atomic mass is 9.99. The van der Waals surface area contributed by atoms with Crippen LogP contribution in [0.4, 0.5) is 0 Å². The fourth-order valence-corrected chi connectivity index (χ4v) is 16.5. The molecule has 0 aliphatic heterocycles. The maximum atomic E-state index is 9.81. The third kappa shape index (κ3) is 11.2. The zero-order chi connectivity index (χ0) is 98.0. The minimum Gasteiger partial charge on any atom is -0.456 e. The molecule has 0 aliphatic rings. The van der Waals surface area contributed by atoms with Gasteiger partial charge in [0.25, 0.3) is 0 Å². The van der Waals surface area contributed by atoms with Gasteiger partial charge in [-0.25, -0.2) is 9.97 Å². The molecule has 0 bridgehead atoms. The van der Waals surface area contributed by atoms with Gasteiger partial charge in [0.2, 0.25) is 11.9 Å². The summed E-state index contributed by atoms with van der Waals surface area (Å²) >= 11 is 0. The predicted octanol–water partition coefficient (Wildman–Crippen LogP) is 28.5. The summed E-state index contributed by atoms with van der Waals surface area (Å²) in [5.41, 5.74) is 9.39. The van der Waals surface area contributed by atoms with E-state index in [0.717, 1.165) is 93.1 Å². The molecule has 0 N–H and O–H groups in total. The van der Waals surface area contributed by atoms with E-state index in [1.54, 1.807) is 34.9 Å². The highest BCUT2D eigenvalue weighted by atomic mass is 16.3. The van der Waals surface area contributed by atoms with Crippen molar-refractivity contribution < 1.29 is 47.8 Å². The van der Waals surface area contributed by atoms with Gasteiger partial charge in [-0.2, -0.15) is 19.9 Å². The van der Waals surface area contributed by atoms with Crippen LogP contribution >= 0.6 is 0 Å². The number of hydrogen-bond donors (Lipinski definition) is 0. The van der Waals surface area contributed by atoms with E-state index in [-0.39, 0.29) is 104 Å². The molecule has 560 valence electrons. The first-order valence-electron chi connectivity index (χ1n) is 49.3. The van der Waals surface area contributed by atoms with Crippen molar-refractivity contribution in [3.05, 3.63) is 388 Å². The van der Waals surface area contributed by atoms with Gasteiger partial charge in [0.15, 0.2) is 23.3 Å². The fourth-order valence-electron chi connectivity index (χ4n) is 16.5. The second-order valence-corrected chi connectivity index (χ2v) is 28.6. The maximum absolute atomic E-state index is 9.81. The highest BCUT2D eigenvalue weighted by molar-refractivity contribution is 6.30. The highest BCUT2D eigenvalue weighted by Crippen LogP contribution is 2.48. The van der Waals surface area contributed by atoms with Crippen LogP contribution in [-0.4, -0.2) is 39.0 Å². The van der Waals surface area contributed by atoms with Gasteiger partial charge >= 0.3 is 0 Å². The molecule has 0 saturated carbocycles. The van der Waals surface area contributed by atoms with Crippen molar-refractivity contribution in [1.29, 1.82) is 0 Å². The molecule has 0 fully saturated rings. The smallest absolute Gasteiger partial charge is 0.238 e. The van der Waals surface area contributed by atoms with Crippen molar-refractivity contribution in [2.45, 2.75) is 0 Å². The Kier molecular flexibility index (Phi) is 11.4. The number of aromatic nitrogens is 8. The van der Waals surface area contributed by atoms with E-state index in [9.17, 15) is 8.22 Å². The Morgan fingerprint density at radius 3 is 1.21 bits per heavy atom. The first kappa shape index (κ1) is 49.4. The Labute approximate surface area is 716 Å². The lowest BCUT2D eigenvalue weighted by molar-refractivity contribution is 0.668. The average Bonchev–Trinajstić information content (AvgIpc) is 1.33. The summed E-state index contributed by atoms with van der Waals surface area (Å²) in [6.45, 7) is 0. The van der Waals surface area contributed by atoms with Gasteiger partial charge in [0.1, 0.15) is 44.7 Å². The van der Waals surface area contributed by atoms with Crippen LogP contribution in [0.3, 0.4) is 0 Å². The lowest BCUT2D eigenvalue weighted by Gasteiger charge is -2.13. The molecule has 8 aromatic heterocycles. The van der Waals surface area contributed by atoms with Crippen molar-refractivity contribution in [2.24, 2.45) is 0 Å². The molecule has 12 nitrogen and oxygen atoms in total. The van der Waals surface area contributed by atoms with Gasteiger partial charge in [-0.05, 0) is 141 Å². The van der Waals surface area contributed by atoms with Gasteiger partial charge in [0, 0.05) is 92.5 Å². The van der Waals surface area contributed by atoms with Crippen LogP contribution in [0.1, 0.15) is 30.2 Å². The summed E-state index contributed by atoms with van der Waals surface area (Å²) in [5, 5.41) is 6.46.